The maximum atomic E-state index is 9.54. The van der Waals surface area contributed by atoms with Gasteiger partial charge in [-0.1, -0.05) is 45.0 Å². The van der Waals surface area contributed by atoms with Gasteiger partial charge in [-0.3, -0.25) is 0 Å². The lowest BCUT2D eigenvalue weighted by atomic mass is 9.97. The van der Waals surface area contributed by atoms with Gasteiger partial charge in [0.25, 0.3) is 0 Å². The molecule has 18 heavy (non-hydrogen) atoms. The average molecular weight is 249 g/mol. The summed E-state index contributed by atoms with van der Waals surface area (Å²) in [6, 6.07) is 8.31. The number of benzene rings is 1. The van der Waals surface area contributed by atoms with Gasteiger partial charge in [0.05, 0.1) is 12.6 Å². The molecule has 0 saturated carbocycles. The second-order valence-electron chi connectivity index (χ2n) is 5.73. The maximum Gasteiger partial charge on any atom is 0.0626 e. The molecule has 2 unspecified atom stereocenters. The van der Waals surface area contributed by atoms with Crippen molar-refractivity contribution < 1.29 is 5.11 Å². The molecule has 2 N–H and O–H groups in total. The summed E-state index contributed by atoms with van der Waals surface area (Å²) < 4.78 is 0. The van der Waals surface area contributed by atoms with Crippen LogP contribution in [0.15, 0.2) is 24.3 Å². The van der Waals surface area contributed by atoms with Crippen molar-refractivity contribution in [1.82, 2.24) is 5.32 Å². The molecule has 102 valence electrons. The fraction of sp³-hybridized carbons (Fsp3) is 0.625. The fourth-order valence-corrected chi connectivity index (χ4v) is 2.48. The molecule has 0 aromatic heterocycles. The normalized spacial score (nSPS) is 14.8. The van der Waals surface area contributed by atoms with Crippen LogP contribution in [0.4, 0.5) is 0 Å². The lowest BCUT2D eigenvalue weighted by Gasteiger charge is -2.22. The maximum absolute atomic E-state index is 9.54. The summed E-state index contributed by atoms with van der Waals surface area (Å²) in [5.41, 5.74) is 2.44. The molecule has 0 radical (unpaired) electrons. The Balaban J connectivity index is 2.55. The minimum Gasteiger partial charge on any atom is -0.394 e. The van der Waals surface area contributed by atoms with E-state index in [4.69, 9.17) is 0 Å². The van der Waals surface area contributed by atoms with Crippen molar-refractivity contribution in [3.05, 3.63) is 35.4 Å². The standard InChI is InChI=1S/C16H27NO/c1-12(2)9-13(3)10-17-16(11-18)15-8-6-5-7-14(15)4/h5-8,12-13,16-18H,9-11H2,1-4H3. The topological polar surface area (TPSA) is 32.3 Å². The minimum atomic E-state index is 0.0563. The number of rotatable bonds is 7. The molecule has 2 heteroatoms. The van der Waals surface area contributed by atoms with E-state index >= 15 is 0 Å². The smallest absolute Gasteiger partial charge is 0.0626 e. The fourth-order valence-electron chi connectivity index (χ4n) is 2.48. The molecule has 2 atom stereocenters. The molecular weight excluding hydrogens is 222 g/mol. The summed E-state index contributed by atoms with van der Waals surface area (Å²) in [5.74, 6) is 1.37. The molecule has 0 aliphatic heterocycles. The van der Waals surface area contributed by atoms with E-state index in [1.165, 1.54) is 17.5 Å². The Morgan fingerprint density at radius 3 is 2.39 bits per heavy atom. The van der Waals surface area contributed by atoms with Crippen molar-refractivity contribution in [2.45, 2.75) is 40.2 Å². The van der Waals surface area contributed by atoms with Gasteiger partial charge < -0.3 is 10.4 Å². The van der Waals surface area contributed by atoms with Crippen LogP contribution >= 0.6 is 0 Å². The molecule has 1 rings (SSSR count). The van der Waals surface area contributed by atoms with Gasteiger partial charge >= 0.3 is 0 Å². The summed E-state index contributed by atoms with van der Waals surface area (Å²) in [5, 5.41) is 13.0. The highest BCUT2D eigenvalue weighted by Gasteiger charge is 2.13. The number of aryl methyl sites for hydroxylation is 1. The third-order valence-corrected chi connectivity index (χ3v) is 3.33. The van der Waals surface area contributed by atoms with Gasteiger partial charge in [0.1, 0.15) is 0 Å². The van der Waals surface area contributed by atoms with Crippen LogP contribution in [0.3, 0.4) is 0 Å². The Morgan fingerprint density at radius 1 is 1.17 bits per heavy atom. The van der Waals surface area contributed by atoms with Crippen LogP contribution in [0.2, 0.25) is 0 Å². The third-order valence-electron chi connectivity index (χ3n) is 3.33. The lowest BCUT2D eigenvalue weighted by molar-refractivity contribution is 0.236. The minimum absolute atomic E-state index is 0.0563. The van der Waals surface area contributed by atoms with Crippen LogP contribution in [0.25, 0.3) is 0 Å². The molecule has 1 aromatic rings. The molecule has 0 aliphatic rings. The van der Waals surface area contributed by atoms with Gasteiger partial charge in [0.15, 0.2) is 0 Å². The zero-order valence-electron chi connectivity index (χ0n) is 12.1. The van der Waals surface area contributed by atoms with E-state index in [0.717, 1.165) is 12.5 Å². The van der Waals surface area contributed by atoms with E-state index < -0.39 is 0 Å². The number of hydrogen-bond acceptors (Lipinski definition) is 2. The lowest BCUT2D eigenvalue weighted by Crippen LogP contribution is -2.29. The molecule has 0 amide bonds. The van der Waals surface area contributed by atoms with Crippen molar-refractivity contribution >= 4 is 0 Å². The van der Waals surface area contributed by atoms with Crippen LogP contribution < -0.4 is 5.32 Å². The Kier molecular flexibility index (Phi) is 6.37. The Bertz CT molecular complexity index is 349. The van der Waals surface area contributed by atoms with E-state index in [1.54, 1.807) is 0 Å². The Hall–Kier alpha value is -0.860. The first-order chi connectivity index (χ1) is 8.54. The third kappa shape index (κ3) is 4.79. The first-order valence-electron chi connectivity index (χ1n) is 6.94. The highest BCUT2D eigenvalue weighted by molar-refractivity contribution is 5.28. The van der Waals surface area contributed by atoms with E-state index in [-0.39, 0.29) is 12.6 Å². The molecule has 0 fully saturated rings. The van der Waals surface area contributed by atoms with Crippen molar-refractivity contribution in [3.63, 3.8) is 0 Å². The van der Waals surface area contributed by atoms with Crippen molar-refractivity contribution in [2.24, 2.45) is 11.8 Å². The van der Waals surface area contributed by atoms with Gasteiger partial charge in [0, 0.05) is 0 Å². The molecule has 0 heterocycles. The molecule has 0 saturated heterocycles. The predicted octanol–water partition coefficient (Wildman–Crippen LogP) is 3.30. The summed E-state index contributed by atoms with van der Waals surface area (Å²) in [4.78, 5) is 0. The van der Waals surface area contributed by atoms with Crippen LogP contribution in [-0.2, 0) is 0 Å². The summed E-state index contributed by atoms with van der Waals surface area (Å²) in [6.45, 7) is 9.97. The first kappa shape index (κ1) is 15.2. The monoisotopic (exact) mass is 249 g/mol. The SMILES string of the molecule is Cc1ccccc1C(CO)NCC(C)CC(C)C. The van der Waals surface area contributed by atoms with Crippen LogP contribution in [0, 0.1) is 18.8 Å². The molecule has 0 spiro atoms. The number of aliphatic hydroxyl groups is 1. The highest BCUT2D eigenvalue weighted by Crippen LogP contribution is 2.18. The van der Waals surface area contributed by atoms with Gasteiger partial charge in [-0.25, -0.2) is 0 Å². The quantitative estimate of drug-likeness (QED) is 0.777. The molecule has 0 aliphatic carbocycles. The predicted molar refractivity (Wildman–Crippen MR) is 77.6 cm³/mol. The van der Waals surface area contributed by atoms with E-state index in [0.29, 0.717) is 5.92 Å². The zero-order chi connectivity index (χ0) is 13.5. The molecule has 1 aromatic carbocycles. The van der Waals surface area contributed by atoms with E-state index in [2.05, 4.69) is 45.1 Å². The largest absolute Gasteiger partial charge is 0.394 e. The summed E-state index contributed by atoms with van der Waals surface area (Å²) >= 11 is 0. The van der Waals surface area contributed by atoms with Crippen molar-refractivity contribution in [3.8, 4) is 0 Å². The molecular formula is C16H27NO. The van der Waals surface area contributed by atoms with Gasteiger partial charge in [-0.2, -0.15) is 0 Å². The van der Waals surface area contributed by atoms with E-state index in [9.17, 15) is 5.11 Å². The first-order valence-corrected chi connectivity index (χ1v) is 6.94. The number of nitrogens with one attached hydrogen (secondary N) is 1. The highest BCUT2D eigenvalue weighted by atomic mass is 16.3. The second-order valence-corrected chi connectivity index (χ2v) is 5.73. The van der Waals surface area contributed by atoms with Crippen LogP contribution in [0.5, 0.6) is 0 Å². The number of hydrogen-bond donors (Lipinski definition) is 2. The number of aliphatic hydroxyl groups excluding tert-OH is 1. The van der Waals surface area contributed by atoms with E-state index in [1.807, 2.05) is 12.1 Å². The van der Waals surface area contributed by atoms with Crippen molar-refractivity contribution in [1.29, 1.82) is 0 Å². The second kappa shape index (κ2) is 7.55. The Morgan fingerprint density at radius 2 is 1.83 bits per heavy atom. The van der Waals surface area contributed by atoms with Crippen LogP contribution in [-0.4, -0.2) is 18.3 Å². The summed E-state index contributed by atoms with van der Waals surface area (Å²) in [7, 11) is 0. The molecule has 2 nitrogen and oxygen atoms in total. The molecule has 0 bridgehead atoms. The van der Waals surface area contributed by atoms with Crippen molar-refractivity contribution in [2.75, 3.05) is 13.2 Å². The van der Waals surface area contributed by atoms with Gasteiger partial charge in [0.2, 0.25) is 0 Å². The summed E-state index contributed by atoms with van der Waals surface area (Å²) in [6.07, 6.45) is 1.22. The van der Waals surface area contributed by atoms with Crippen LogP contribution in [0.1, 0.15) is 44.4 Å². The average Bonchev–Trinajstić information content (AvgIpc) is 2.31. The van der Waals surface area contributed by atoms with Gasteiger partial charge in [-0.05, 0) is 42.9 Å². The Labute approximate surface area is 111 Å². The van der Waals surface area contributed by atoms with Gasteiger partial charge in [-0.15, -0.1) is 0 Å². The zero-order valence-corrected chi connectivity index (χ0v) is 12.1.